The molecule has 0 heterocycles. The Morgan fingerprint density at radius 3 is 1.29 bits per heavy atom. The zero-order valence-corrected chi connectivity index (χ0v) is 28.9. The van der Waals surface area contributed by atoms with E-state index in [4.69, 9.17) is 17.8 Å². The van der Waals surface area contributed by atoms with Gasteiger partial charge in [-0.15, -0.1) is 13.2 Å². The lowest BCUT2D eigenvalue weighted by Crippen LogP contribution is -2.20. The van der Waals surface area contributed by atoms with Gasteiger partial charge < -0.3 is 9.47 Å². The SMILES string of the molecule is C=CCC(Cc1cc(-c2ccc(OCc3ccccc3)c(CC(CC=C)OS(C)(=O)=O)c2)ccc1OCc1ccccc1)OS(C)(=O)=O. The van der Waals surface area contributed by atoms with Gasteiger partial charge in [0.25, 0.3) is 20.2 Å². The summed E-state index contributed by atoms with van der Waals surface area (Å²) < 4.78 is 71.6. The summed E-state index contributed by atoms with van der Waals surface area (Å²) in [4.78, 5) is 0. The Bertz CT molecular complexity index is 1730. The molecular formula is C38H42O8S2. The van der Waals surface area contributed by atoms with Crippen LogP contribution in [0.4, 0.5) is 0 Å². The molecule has 10 heteroatoms. The maximum atomic E-state index is 12.1. The molecule has 8 nitrogen and oxygen atoms in total. The van der Waals surface area contributed by atoms with Gasteiger partial charge in [-0.3, -0.25) is 8.37 Å². The van der Waals surface area contributed by atoms with Crippen molar-refractivity contribution in [2.75, 3.05) is 12.5 Å². The molecule has 0 aliphatic heterocycles. The van der Waals surface area contributed by atoms with Crippen LogP contribution >= 0.6 is 0 Å². The van der Waals surface area contributed by atoms with Crippen molar-refractivity contribution in [2.45, 2.75) is 51.1 Å². The van der Waals surface area contributed by atoms with E-state index in [1.165, 1.54) is 0 Å². The molecule has 4 rings (SSSR count). The maximum absolute atomic E-state index is 12.1. The lowest BCUT2D eigenvalue weighted by molar-refractivity contribution is 0.211. The van der Waals surface area contributed by atoms with Crippen LogP contribution < -0.4 is 9.47 Å². The van der Waals surface area contributed by atoms with E-state index in [-0.39, 0.29) is 12.8 Å². The molecule has 0 radical (unpaired) electrons. The summed E-state index contributed by atoms with van der Waals surface area (Å²) in [6.45, 7) is 8.21. The van der Waals surface area contributed by atoms with Crippen molar-refractivity contribution >= 4 is 20.2 Å². The average Bonchev–Trinajstić information content (AvgIpc) is 3.03. The van der Waals surface area contributed by atoms with E-state index in [0.29, 0.717) is 37.6 Å². The van der Waals surface area contributed by atoms with E-state index in [0.717, 1.165) is 45.9 Å². The average molecular weight is 691 g/mol. The molecule has 2 unspecified atom stereocenters. The van der Waals surface area contributed by atoms with E-state index < -0.39 is 32.4 Å². The van der Waals surface area contributed by atoms with Gasteiger partial charge in [0, 0.05) is 12.8 Å². The molecule has 4 aromatic carbocycles. The number of rotatable bonds is 19. The van der Waals surface area contributed by atoms with Gasteiger partial charge in [0.05, 0.1) is 24.7 Å². The van der Waals surface area contributed by atoms with Crippen LogP contribution in [0.15, 0.2) is 122 Å². The second-order valence-electron chi connectivity index (χ2n) is 11.5. The molecule has 0 spiro atoms. The summed E-state index contributed by atoms with van der Waals surface area (Å²) in [5.41, 5.74) is 5.18. The molecule has 0 amide bonds. The minimum atomic E-state index is -3.73. The smallest absolute Gasteiger partial charge is 0.264 e. The summed E-state index contributed by atoms with van der Waals surface area (Å²) in [6.07, 6.45) is 5.11. The molecule has 0 aromatic heterocycles. The van der Waals surface area contributed by atoms with Crippen LogP contribution in [0.2, 0.25) is 0 Å². The molecule has 0 aliphatic rings. The van der Waals surface area contributed by atoms with Crippen molar-refractivity contribution in [3.63, 3.8) is 0 Å². The van der Waals surface area contributed by atoms with Crippen molar-refractivity contribution in [1.29, 1.82) is 0 Å². The fourth-order valence-corrected chi connectivity index (χ4v) is 6.54. The Kier molecular flexibility index (Phi) is 13.2. The summed E-state index contributed by atoms with van der Waals surface area (Å²) >= 11 is 0. The summed E-state index contributed by atoms with van der Waals surface area (Å²) in [7, 11) is -7.45. The largest absolute Gasteiger partial charge is 0.489 e. The minimum Gasteiger partial charge on any atom is -0.489 e. The van der Waals surface area contributed by atoms with Crippen molar-refractivity contribution in [3.05, 3.63) is 145 Å². The molecule has 0 fully saturated rings. The topological polar surface area (TPSA) is 105 Å². The molecule has 0 saturated carbocycles. The Morgan fingerprint density at radius 2 is 0.958 bits per heavy atom. The summed E-state index contributed by atoms with van der Waals surface area (Å²) in [6, 6.07) is 31.0. The maximum Gasteiger partial charge on any atom is 0.264 e. The van der Waals surface area contributed by atoms with Crippen molar-refractivity contribution in [1.82, 2.24) is 0 Å². The Hall–Kier alpha value is -4.22. The number of hydrogen-bond acceptors (Lipinski definition) is 8. The van der Waals surface area contributed by atoms with E-state index in [1.54, 1.807) is 12.2 Å². The van der Waals surface area contributed by atoms with Gasteiger partial charge >= 0.3 is 0 Å². The van der Waals surface area contributed by atoms with Crippen LogP contribution in [-0.2, 0) is 54.7 Å². The van der Waals surface area contributed by atoms with Crippen molar-refractivity contribution < 1.29 is 34.7 Å². The fourth-order valence-electron chi connectivity index (χ4n) is 5.26. The third kappa shape index (κ3) is 12.1. The van der Waals surface area contributed by atoms with Gasteiger partial charge in [-0.05, 0) is 70.5 Å². The molecule has 0 N–H and O–H groups in total. The second kappa shape index (κ2) is 17.3. The highest BCUT2D eigenvalue weighted by Gasteiger charge is 2.21. The van der Waals surface area contributed by atoms with Crippen molar-refractivity contribution in [3.8, 4) is 22.6 Å². The van der Waals surface area contributed by atoms with Gasteiger partial charge in [-0.1, -0.05) is 84.9 Å². The first-order valence-electron chi connectivity index (χ1n) is 15.5. The van der Waals surface area contributed by atoms with Gasteiger partial charge in [-0.2, -0.15) is 16.8 Å². The molecule has 2 atom stereocenters. The lowest BCUT2D eigenvalue weighted by Gasteiger charge is -2.20. The van der Waals surface area contributed by atoms with Crippen LogP contribution in [0.1, 0.15) is 35.1 Å². The molecule has 0 bridgehead atoms. The van der Waals surface area contributed by atoms with E-state index >= 15 is 0 Å². The number of benzene rings is 4. The normalized spacial score (nSPS) is 13.0. The Balaban J connectivity index is 1.73. The molecule has 48 heavy (non-hydrogen) atoms. The zero-order valence-electron chi connectivity index (χ0n) is 27.3. The first-order valence-corrected chi connectivity index (χ1v) is 19.1. The zero-order chi connectivity index (χ0) is 34.6. The minimum absolute atomic E-state index is 0.256. The molecular weight excluding hydrogens is 649 g/mol. The quantitative estimate of drug-likeness (QED) is 0.0739. The van der Waals surface area contributed by atoms with Gasteiger partial charge in [-0.25, -0.2) is 0 Å². The standard InChI is InChI=1S/C38H42O8S2/c1-5-13-35(45-47(3,39)40)25-33-23-31(19-21-37(33)43-27-29-15-9-7-10-16-29)32-20-22-38(44-28-30-17-11-8-12-18-30)34(24-32)26-36(14-6-2)46-48(4,41)42/h5-12,15-24,35-36H,1-2,13-14,25-28H2,3-4H3. The first kappa shape index (κ1) is 36.6. The van der Waals surface area contributed by atoms with Crippen molar-refractivity contribution in [2.24, 2.45) is 0 Å². The van der Waals surface area contributed by atoms with Gasteiger partial charge in [0.15, 0.2) is 0 Å². The first-order chi connectivity index (χ1) is 22.9. The molecule has 4 aromatic rings. The van der Waals surface area contributed by atoms with Gasteiger partial charge in [0.1, 0.15) is 24.7 Å². The van der Waals surface area contributed by atoms with Gasteiger partial charge in [0.2, 0.25) is 0 Å². The Morgan fingerprint density at radius 1 is 0.583 bits per heavy atom. The number of hydrogen-bond donors (Lipinski definition) is 0. The second-order valence-corrected chi connectivity index (χ2v) is 14.7. The summed E-state index contributed by atoms with van der Waals surface area (Å²) in [5.74, 6) is 1.20. The molecule has 0 aliphatic carbocycles. The predicted octanol–water partition coefficient (Wildman–Crippen LogP) is 7.44. The summed E-state index contributed by atoms with van der Waals surface area (Å²) in [5, 5.41) is 0. The van der Waals surface area contributed by atoms with E-state index in [2.05, 4.69) is 13.2 Å². The fraction of sp³-hybridized carbons (Fsp3) is 0.263. The molecule has 254 valence electrons. The van der Waals surface area contributed by atoms with Crippen LogP contribution in [0.25, 0.3) is 11.1 Å². The molecule has 0 saturated heterocycles. The highest BCUT2D eigenvalue weighted by molar-refractivity contribution is 7.86. The number of ether oxygens (including phenoxy) is 2. The van der Waals surface area contributed by atoms with E-state index in [9.17, 15) is 16.8 Å². The highest BCUT2D eigenvalue weighted by Crippen LogP contribution is 2.33. The van der Waals surface area contributed by atoms with Crippen LogP contribution in [0.5, 0.6) is 11.5 Å². The monoisotopic (exact) mass is 690 g/mol. The van der Waals surface area contributed by atoms with Crippen LogP contribution in [0.3, 0.4) is 0 Å². The highest BCUT2D eigenvalue weighted by atomic mass is 32.2. The predicted molar refractivity (Wildman–Crippen MR) is 190 cm³/mol. The van der Waals surface area contributed by atoms with E-state index in [1.807, 2.05) is 97.1 Å². The third-order valence-corrected chi connectivity index (χ3v) is 8.55. The van der Waals surface area contributed by atoms with Crippen LogP contribution in [-0.4, -0.2) is 41.6 Å². The third-order valence-electron chi connectivity index (χ3n) is 7.30. The van der Waals surface area contributed by atoms with Crippen LogP contribution in [0, 0.1) is 0 Å². The lowest BCUT2D eigenvalue weighted by atomic mass is 9.95. The Labute approximate surface area is 284 Å².